The Bertz CT molecular complexity index is 977. The van der Waals surface area contributed by atoms with Crippen LogP contribution in [0.5, 0.6) is 0 Å². The number of ether oxygens (including phenoxy) is 1. The van der Waals surface area contributed by atoms with E-state index in [0.717, 1.165) is 33.9 Å². The van der Waals surface area contributed by atoms with Gasteiger partial charge in [-0.05, 0) is 62.3 Å². The summed E-state index contributed by atoms with van der Waals surface area (Å²) in [5.74, 6) is 0.894. The van der Waals surface area contributed by atoms with Gasteiger partial charge in [0, 0.05) is 19.6 Å². The number of nitrogens with one attached hydrogen (secondary N) is 2. The Morgan fingerprint density at radius 3 is 2.35 bits per heavy atom. The highest BCUT2D eigenvalue weighted by atomic mass is 32.1. The quantitative estimate of drug-likeness (QED) is 0.661. The van der Waals surface area contributed by atoms with Crippen molar-refractivity contribution < 1.29 is 19.1 Å². The van der Waals surface area contributed by atoms with Gasteiger partial charge in [0.15, 0.2) is 11.7 Å². The van der Waals surface area contributed by atoms with Crippen molar-refractivity contribution in [2.24, 2.45) is 17.8 Å². The van der Waals surface area contributed by atoms with Gasteiger partial charge in [-0.3, -0.25) is 10.1 Å². The van der Waals surface area contributed by atoms with E-state index in [9.17, 15) is 14.4 Å². The summed E-state index contributed by atoms with van der Waals surface area (Å²) >= 11 is 2.72. The first-order valence-electron chi connectivity index (χ1n) is 10.7. The maximum absolute atomic E-state index is 12.4. The number of thiazole rings is 1. The number of fused-ring (bicyclic) bond motifs is 1. The molecule has 2 N–H and O–H groups in total. The second-order valence-electron chi connectivity index (χ2n) is 9.45. The molecule has 10 heteroatoms. The van der Waals surface area contributed by atoms with Gasteiger partial charge in [-0.2, -0.15) is 0 Å². The number of anilines is 1. The molecule has 4 aliphatic rings. The zero-order valence-corrected chi connectivity index (χ0v) is 19.2. The van der Waals surface area contributed by atoms with Crippen LogP contribution in [0, 0.1) is 17.8 Å². The first kappa shape index (κ1) is 20.7. The number of hydrogen-bond acceptors (Lipinski definition) is 8. The van der Waals surface area contributed by atoms with Gasteiger partial charge in [0.25, 0.3) is 5.91 Å². The van der Waals surface area contributed by atoms with Crippen LogP contribution in [0.15, 0.2) is 6.07 Å². The van der Waals surface area contributed by atoms with Gasteiger partial charge >= 0.3 is 12.0 Å². The summed E-state index contributed by atoms with van der Waals surface area (Å²) in [6.07, 6.45) is 6.87. The smallest absolute Gasteiger partial charge is 0.348 e. The lowest BCUT2D eigenvalue weighted by molar-refractivity contribution is -0.123. The Kier molecular flexibility index (Phi) is 5.16. The van der Waals surface area contributed by atoms with E-state index in [1.54, 1.807) is 6.07 Å². The second kappa shape index (κ2) is 7.74. The normalized spacial score (nSPS) is 28.5. The van der Waals surface area contributed by atoms with Crippen LogP contribution in [-0.4, -0.2) is 49.1 Å². The molecule has 166 valence electrons. The summed E-state index contributed by atoms with van der Waals surface area (Å²) < 4.78 is 6.01. The van der Waals surface area contributed by atoms with Crippen LogP contribution >= 0.6 is 22.7 Å². The van der Waals surface area contributed by atoms with Crippen LogP contribution in [0.25, 0.3) is 9.53 Å². The molecule has 0 radical (unpaired) electrons. The number of carbonyl (C=O) groups is 3. The molecule has 0 aromatic carbocycles. The fraction of sp³-hybridized carbons (Fsp3) is 0.619. The summed E-state index contributed by atoms with van der Waals surface area (Å²) in [6.45, 7) is -0.491. The van der Waals surface area contributed by atoms with Crippen LogP contribution < -0.4 is 15.5 Å². The van der Waals surface area contributed by atoms with Crippen molar-refractivity contribution in [3.8, 4) is 0 Å². The van der Waals surface area contributed by atoms with Gasteiger partial charge in [-0.1, -0.05) is 11.3 Å². The average molecular weight is 463 g/mol. The molecule has 0 aliphatic heterocycles. The van der Waals surface area contributed by atoms with Crippen molar-refractivity contribution in [3.05, 3.63) is 10.9 Å². The molecule has 2 heterocycles. The predicted molar refractivity (Wildman–Crippen MR) is 120 cm³/mol. The summed E-state index contributed by atoms with van der Waals surface area (Å²) in [5.41, 5.74) is -0.170. The molecule has 2 aromatic heterocycles. The lowest BCUT2D eigenvalue weighted by Crippen LogP contribution is -2.62. The zero-order valence-electron chi connectivity index (χ0n) is 17.6. The highest BCUT2D eigenvalue weighted by Crippen LogP contribution is 2.55. The van der Waals surface area contributed by atoms with E-state index in [-0.39, 0.29) is 5.54 Å². The summed E-state index contributed by atoms with van der Waals surface area (Å²) in [7, 11) is 3.82. The number of urea groups is 1. The van der Waals surface area contributed by atoms with Gasteiger partial charge in [0.05, 0.1) is 4.70 Å². The Labute approximate surface area is 188 Å². The minimum absolute atomic E-state index is 0.170. The highest BCUT2D eigenvalue weighted by molar-refractivity contribution is 7.29. The highest BCUT2D eigenvalue weighted by Gasteiger charge is 2.51. The second-order valence-corrected chi connectivity index (χ2v) is 11.5. The first-order chi connectivity index (χ1) is 14.8. The minimum Gasteiger partial charge on any atom is -0.451 e. The van der Waals surface area contributed by atoms with E-state index in [0.29, 0.717) is 22.6 Å². The maximum atomic E-state index is 12.4. The lowest BCUT2D eigenvalue weighted by atomic mass is 9.53. The molecule has 4 aliphatic carbocycles. The molecule has 4 saturated carbocycles. The number of imide groups is 1. The third-order valence-electron chi connectivity index (χ3n) is 6.67. The molecule has 0 spiro atoms. The monoisotopic (exact) mass is 462 g/mol. The van der Waals surface area contributed by atoms with E-state index >= 15 is 0 Å². The molecule has 4 bridgehead atoms. The van der Waals surface area contributed by atoms with Gasteiger partial charge in [0.1, 0.15) is 9.71 Å². The van der Waals surface area contributed by atoms with Crippen LogP contribution in [0.2, 0.25) is 0 Å². The summed E-state index contributed by atoms with van der Waals surface area (Å²) in [6, 6.07) is 1.24. The van der Waals surface area contributed by atoms with Gasteiger partial charge in [-0.25, -0.2) is 14.6 Å². The van der Waals surface area contributed by atoms with Crippen LogP contribution in [0.1, 0.15) is 48.2 Å². The van der Waals surface area contributed by atoms with Crippen LogP contribution in [0.4, 0.5) is 9.93 Å². The molecule has 6 rings (SSSR count). The number of aromatic nitrogens is 1. The molecule has 0 atom stereocenters. The largest absolute Gasteiger partial charge is 0.451 e. The molecular formula is C21H26N4O4S2. The van der Waals surface area contributed by atoms with E-state index in [1.165, 1.54) is 41.9 Å². The molecule has 4 fully saturated rings. The number of nitrogens with zero attached hydrogens (tertiary/aromatic N) is 2. The average Bonchev–Trinajstić information content (AvgIpc) is 3.23. The molecule has 31 heavy (non-hydrogen) atoms. The van der Waals surface area contributed by atoms with Crippen molar-refractivity contribution in [2.75, 3.05) is 25.6 Å². The van der Waals surface area contributed by atoms with Crippen molar-refractivity contribution in [1.82, 2.24) is 15.6 Å². The Morgan fingerprint density at radius 2 is 1.77 bits per heavy atom. The topological polar surface area (TPSA) is 101 Å². The van der Waals surface area contributed by atoms with Crippen LogP contribution in [-0.2, 0) is 9.53 Å². The Hall–Kier alpha value is -2.20. The standard InChI is InChI=1S/C21H26N4O4S2/c1-25(2)20-23-17-14(31-20)6-15(30-17)18(27)29-10-16(26)22-19(28)24-21-7-11-3-12(8-21)5-13(4-11)9-21/h6,11-13H,3-5,7-10H2,1-2H3,(H2,22,24,26,28). The number of hydrogen-bond donors (Lipinski definition) is 2. The predicted octanol–water partition coefficient (Wildman–Crippen LogP) is 3.38. The number of thiophene rings is 1. The number of amides is 3. The SMILES string of the molecule is CN(C)c1nc2sc(C(=O)OCC(=O)NC(=O)NC34CC5CC(CC(C5)C3)C4)cc2s1. The minimum atomic E-state index is -0.623. The third kappa shape index (κ3) is 4.15. The van der Waals surface area contributed by atoms with E-state index in [1.807, 2.05) is 19.0 Å². The summed E-state index contributed by atoms with van der Waals surface area (Å²) in [5, 5.41) is 6.27. The fourth-order valence-electron chi connectivity index (χ4n) is 5.92. The first-order valence-corrected chi connectivity index (χ1v) is 12.3. The van der Waals surface area contributed by atoms with E-state index in [4.69, 9.17) is 4.74 Å². The van der Waals surface area contributed by atoms with Gasteiger partial charge in [-0.15, -0.1) is 11.3 Å². The number of carbonyl (C=O) groups excluding carboxylic acids is 3. The van der Waals surface area contributed by atoms with Crippen molar-refractivity contribution in [1.29, 1.82) is 0 Å². The number of rotatable bonds is 5. The van der Waals surface area contributed by atoms with Crippen molar-refractivity contribution in [2.45, 2.75) is 44.1 Å². The molecule has 8 nitrogen and oxygen atoms in total. The van der Waals surface area contributed by atoms with Crippen molar-refractivity contribution >= 4 is 55.2 Å². The fourth-order valence-corrected chi connectivity index (χ4v) is 7.94. The van der Waals surface area contributed by atoms with Crippen LogP contribution in [0.3, 0.4) is 0 Å². The molecule has 3 amide bonds. The molecule has 0 saturated heterocycles. The summed E-state index contributed by atoms with van der Waals surface area (Å²) in [4.78, 5) is 44.4. The van der Waals surface area contributed by atoms with E-state index in [2.05, 4.69) is 15.6 Å². The molecular weight excluding hydrogens is 436 g/mol. The van der Waals surface area contributed by atoms with E-state index < -0.39 is 24.5 Å². The van der Waals surface area contributed by atoms with Gasteiger partial charge < -0.3 is 15.0 Å². The molecule has 2 aromatic rings. The number of esters is 1. The maximum Gasteiger partial charge on any atom is 0.348 e. The Morgan fingerprint density at radius 1 is 1.13 bits per heavy atom. The van der Waals surface area contributed by atoms with Crippen molar-refractivity contribution in [3.63, 3.8) is 0 Å². The van der Waals surface area contributed by atoms with Gasteiger partial charge in [0.2, 0.25) is 0 Å². The Balaban J connectivity index is 1.12. The third-order valence-corrected chi connectivity index (χ3v) is 8.97. The molecule has 0 unspecified atom stereocenters. The lowest BCUT2D eigenvalue weighted by Gasteiger charge is -2.56. The zero-order chi connectivity index (χ0) is 21.8.